The van der Waals surface area contributed by atoms with Crippen LogP contribution in [0.5, 0.6) is 0 Å². The molecule has 15 N–H and O–H groups in total. The van der Waals surface area contributed by atoms with Crippen LogP contribution >= 0.6 is 6.49 Å². The first-order valence-electron chi connectivity index (χ1n) is 31.1. The molecular formula is C57H100N5O29PS. The van der Waals surface area contributed by atoms with Gasteiger partial charge in [0.15, 0.2) is 36.9 Å². The standard InChI is InChI=1S/C57H100N5O29PS/c1-32(2)92(80,93)88-28-24-84-20-16-45(73)62-38(40(71)11-8-19-83-23-27-87-57-48(60-35(5)68)54(79)51(76)43(31-65)91-57)14-15-44(72)61-37(39(70)10-7-18-82-22-26-86-56-47(59-34(4)67)53(78)50(75)42(30-64)90-56)13-12-36(69)9-6-17-81-21-25-85-55-46(58-33(3)66)52(77)49(74)41(29-63)89-55/h32,37-38,41-43,46-57,63-65,74-79H,6-31H2,1-5H3,(H,58,66)(H,59,67)(H,60,68)(H,61,72)(H,62,73)(H,80,93). The van der Waals surface area contributed by atoms with E-state index in [-0.39, 0.29) is 161 Å². The van der Waals surface area contributed by atoms with Crippen molar-refractivity contribution in [2.45, 2.75) is 215 Å². The number of ketones is 3. The number of carbonyl (C=O) groups excluding carboxylic acids is 8. The van der Waals surface area contributed by atoms with Crippen LogP contribution in [0.25, 0.3) is 0 Å². The largest absolute Gasteiger partial charge is 0.394 e. The molecule has 3 heterocycles. The van der Waals surface area contributed by atoms with Gasteiger partial charge in [0.1, 0.15) is 78.8 Å². The van der Waals surface area contributed by atoms with Gasteiger partial charge in [0.2, 0.25) is 29.5 Å². The number of rotatable bonds is 48. The van der Waals surface area contributed by atoms with Gasteiger partial charge >= 0.3 is 0 Å². The molecular weight excluding hydrogens is 1280 g/mol. The minimum absolute atomic E-state index is 0.00384. The summed E-state index contributed by atoms with van der Waals surface area (Å²) in [5, 5.41) is 104. The van der Waals surface area contributed by atoms with Gasteiger partial charge in [0.25, 0.3) is 0 Å². The molecule has 0 aromatic rings. The summed E-state index contributed by atoms with van der Waals surface area (Å²) < 4.78 is 61.4. The molecule has 0 aromatic carbocycles. The third-order valence-electron chi connectivity index (χ3n) is 14.9. The quantitative estimate of drug-likeness (QED) is 0.0200. The van der Waals surface area contributed by atoms with Crippen molar-refractivity contribution in [3.63, 3.8) is 0 Å². The minimum Gasteiger partial charge on any atom is -0.394 e. The molecule has 93 heavy (non-hydrogen) atoms. The fourth-order valence-corrected chi connectivity index (χ4v) is 10.6. The second-order valence-electron chi connectivity index (χ2n) is 22.7. The second kappa shape index (κ2) is 44.9. The average Bonchev–Trinajstić information content (AvgIpc) is 0.852. The molecule has 34 nitrogen and oxygen atoms in total. The lowest BCUT2D eigenvalue weighted by Crippen LogP contribution is -2.64. The number of aliphatic hydroxyl groups excluding tert-OH is 9. The summed E-state index contributed by atoms with van der Waals surface area (Å²) >= 11 is 5.12. The molecule has 36 heteroatoms. The first-order valence-corrected chi connectivity index (χ1v) is 33.9. The van der Waals surface area contributed by atoms with Gasteiger partial charge in [0.05, 0.1) is 91.4 Å². The van der Waals surface area contributed by atoms with Crippen molar-refractivity contribution in [1.82, 2.24) is 26.6 Å². The maximum atomic E-state index is 13.8. The summed E-state index contributed by atoms with van der Waals surface area (Å²) in [5.74, 6) is -4.11. The van der Waals surface area contributed by atoms with Crippen molar-refractivity contribution < 1.29 is 141 Å². The highest BCUT2D eigenvalue weighted by molar-refractivity contribution is 8.09. The van der Waals surface area contributed by atoms with Crippen LogP contribution in [-0.2, 0) is 102 Å². The van der Waals surface area contributed by atoms with Gasteiger partial charge in [-0.15, -0.1) is 0 Å². The Kier molecular flexibility index (Phi) is 40.3. The number of ether oxygens (including phenoxy) is 10. The lowest BCUT2D eigenvalue weighted by molar-refractivity contribution is -0.272. The Morgan fingerprint density at radius 3 is 1.13 bits per heavy atom. The van der Waals surface area contributed by atoms with Gasteiger partial charge < -0.3 is 129 Å². The summed E-state index contributed by atoms with van der Waals surface area (Å²) in [6, 6.07) is -5.91. The van der Waals surface area contributed by atoms with Gasteiger partial charge in [-0.25, -0.2) is 0 Å². The molecule has 18 atom stereocenters. The monoisotopic (exact) mass is 1380 g/mol. The van der Waals surface area contributed by atoms with Crippen LogP contribution in [0.3, 0.4) is 0 Å². The maximum absolute atomic E-state index is 13.8. The Labute approximate surface area is 545 Å². The molecule has 0 aliphatic carbocycles. The van der Waals surface area contributed by atoms with Gasteiger partial charge in [-0.3, -0.25) is 38.4 Å². The summed E-state index contributed by atoms with van der Waals surface area (Å²) in [7, 11) is 0. The number of nitrogens with one attached hydrogen (secondary N) is 5. The Morgan fingerprint density at radius 2 is 0.774 bits per heavy atom. The van der Waals surface area contributed by atoms with E-state index in [0.717, 1.165) is 0 Å². The Morgan fingerprint density at radius 1 is 0.441 bits per heavy atom. The highest BCUT2D eigenvalue weighted by atomic mass is 32.5. The van der Waals surface area contributed by atoms with Crippen LogP contribution in [0.2, 0.25) is 0 Å². The molecule has 3 aliphatic heterocycles. The third kappa shape index (κ3) is 30.6. The van der Waals surface area contributed by atoms with E-state index in [9.17, 15) is 89.2 Å². The fraction of sp³-hybridized carbons (Fsp3) is 0.860. The average molecular weight is 1380 g/mol. The van der Waals surface area contributed by atoms with Crippen molar-refractivity contribution in [2.75, 3.05) is 99.1 Å². The molecule has 3 rings (SSSR count). The highest BCUT2D eigenvalue weighted by Gasteiger charge is 2.48. The second-order valence-corrected chi connectivity index (χ2v) is 26.7. The Bertz CT molecular complexity index is 2320. The zero-order valence-electron chi connectivity index (χ0n) is 53.4. The van der Waals surface area contributed by atoms with E-state index in [1.807, 2.05) is 0 Å². The first-order chi connectivity index (χ1) is 44.1. The van der Waals surface area contributed by atoms with Crippen LogP contribution in [-0.4, -0.2) is 307 Å². The number of hydrogen-bond donors (Lipinski definition) is 15. The maximum Gasteiger partial charge on any atom is 0.222 e. The number of amides is 5. The first kappa shape index (κ1) is 83.4. The van der Waals surface area contributed by atoms with Crippen LogP contribution < -0.4 is 26.6 Å². The van der Waals surface area contributed by atoms with Crippen LogP contribution in [0, 0.1) is 0 Å². The molecule has 18 unspecified atom stereocenters. The molecule has 3 saturated heterocycles. The van der Waals surface area contributed by atoms with Gasteiger partial charge in [-0.2, -0.15) is 0 Å². The van der Waals surface area contributed by atoms with E-state index in [2.05, 4.69) is 26.6 Å². The number of Topliss-reactive ketones (excluding diaryl/α,β-unsaturated/α-hetero) is 3. The molecule has 0 bridgehead atoms. The molecule has 0 saturated carbocycles. The van der Waals surface area contributed by atoms with Crippen LogP contribution in [0.15, 0.2) is 0 Å². The third-order valence-corrected chi connectivity index (χ3v) is 18.3. The Hall–Kier alpha value is -3.83. The normalized spacial score (nSPS) is 27.7. The zero-order chi connectivity index (χ0) is 69.2. The van der Waals surface area contributed by atoms with Crippen LogP contribution in [0.4, 0.5) is 0 Å². The van der Waals surface area contributed by atoms with E-state index in [0.29, 0.717) is 0 Å². The van der Waals surface area contributed by atoms with Gasteiger partial charge in [0, 0.05) is 84.8 Å². The van der Waals surface area contributed by atoms with Gasteiger partial charge in [-0.05, 0) is 43.9 Å². The lowest BCUT2D eigenvalue weighted by Gasteiger charge is -2.42. The van der Waals surface area contributed by atoms with Crippen molar-refractivity contribution in [2.24, 2.45) is 0 Å². The summed E-state index contributed by atoms with van der Waals surface area (Å²) in [6.07, 6.45) is -17.3. The zero-order valence-corrected chi connectivity index (χ0v) is 55.1. The lowest BCUT2D eigenvalue weighted by atomic mass is 9.97. The Balaban J connectivity index is 1.63. The topological polar surface area (TPSA) is 501 Å². The number of carbonyl (C=O) groups is 8. The number of hydrogen-bond acceptors (Lipinski definition) is 29. The van der Waals surface area contributed by atoms with Crippen molar-refractivity contribution in [3.8, 4) is 0 Å². The summed E-state index contributed by atoms with van der Waals surface area (Å²) in [5.41, 5.74) is -0.286. The summed E-state index contributed by atoms with van der Waals surface area (Å²) in [6.45, 7) is 1.54. The number of aliphatic hydroxyl groups is 9. The minimum atomic E-state index is -3.04. The molecule has 0 spiro atoms. The van der Waals surface area contributed by atoms with E-state index in [1.54, 1.807) is 13.8 Å². The van der Waals surface area contributed by atoms with Gasteiger partial charge in [-0.1, -0.05) is 13.8 Å². The smallest absolute Gasteiger partial charge is 0.222 e. The van der Waals surface area contributed by atoms with Crippen molar-refractivity contribution in [1.29, 1.82) is 0 Å². The van der Waals surface area contributed by atoms with Crippen LogP contribution in [0.1, 0.15) is 105 Å². The predicted molar refractivity (Wildman–Crippen MR) is 324 cm³/mol. The predicted octanol–water partition coefficient (Wildman–Crippen LogP) is -5.37. The molecule has 538 valence electrons. The van der Waals surface area contributed by atoms with E-state index < -0.39 is 171 Å². The fourth-order valence-electron chi connectivity index (χ4n) is 9.74. The van der Waals surface area contributed by atoms with E-state index in [4.69, 9.17) is 63.7 Å². The molecule has 5 amide bonds. The highest BCUT2D eigenvalue weighted by Crippen LogP contribution is 2.47. The van der Waals surface area contributed by atoms with Crippen molar-refractivity contribution >= 4 is 65.2 Å². The summed E-state index contributed by atoms with van der Waals surface area (Å²) in [4.78, 5) is 113. The van der Waals surface area contributed by atoms with E-state index in [1.165, 1.54) is 20.8 Å². The molecule has 0 aromatic heterocycles. The SMILES string of the molecule is CC(=O)NC1C(OCCOCCCC(=O)CCC(NC(=O)CCC(NC(=O)CCOCCOP(O)(=S)C(C)C)C(=O)CCCOCCOC2OC(CO)C(O)C(O)C2NC(C)=O)C(=O)CCCOCCOC2OC(CO)C(O)C(O)C2NC(C)=O)OC(CO)C(O)C1O. The molecule has 0 radical (unpaired) electrons. The molecule has 3 fully saturated rings. The molecule has 3 aliphatic rings. The van der Waals surface area contributed by atoms with E-state index >= 15 is 0 Å². The van der Waals surface area contributed by atoms with Crippen molar-refractivity contribution in [3.05, 3.63) is 0 Å².